The molecule has 1 aromatic rings. The number of aromatic amines is 1. The number of aromatic nitrogens is 2. The van der Waals surface area contributed by atoms with Gasteiger partial charge in [-0.1, -0.05) is 0 Å². The van der Waals surface area contributed by atoms with Crippen LogP contribution in [-0.4, -0.2) is 26.8 Å². The topological polar surface area (TPSA) is 134 Å². The third kappa shape index (κ3) is 2.97. The number of nitrogens with one attached hydrogen (secondary N) is 1. The van der Waals surface area contributed by atoms with Crippen LogP contribution < -0.4 is 5.73 Å². The highest BCUT2D eigenvalue weighted by atomic mass is 16.3. The van der Waals surface area contributed by atoms with Gasteiger partial charge < -0.3 is 15.8 Å². The number of amides is 1. The molecule has 1 amide bonds. The summed E-state index contributed by atoms with van der Waals surface area (Å²) in [6.45, 7) is 2.53. The van der Waals surface area contributed by atoms with Gasteiger partial charge in [0.05, 0.1) is 6.33 Å². The number of aliphatic hydroxyl groups is 1. The Bertz CT molecular complexity index is 510. The molecule has 8 nitrogen and oxygen atoms in total. The fourth-order valence-electron chi connectivity index (χ4n) is 1.04. The Labute approximate surface area is 96.3 Å². The van der Waals surface area contributed by atoms with Gasteiger partial charge in [-0.3, -0.25) is 9.59 Å². The number of H-pyrrole nitrogens is 1. The number of primary amides is 1. The summed E-state index contributed by atoms with van der Waals surface area (Å²) in [5, 5.41) is 16.3. The summed E-state index contributed by atoms with van der Waals surface area (Å²) < 4.78 is 0. The number of hydrogen-bond donors (Lipinski definition) is 3. The molecule has 0 atom stereocenters. The standard InChI is InChI=1S/C9H11N5O3/c1-4(15)6(5(2)16)13-14-9-7(8(10)17)11-3-12-9/h3,15H,1-2H3,(H2,10,17)(H,11,12)/b6-4+,14-13?. The molecule has 8 heteroatoms. The molecule has 0 aliphatic heterocycles. The lowest BCUT2D eigenvalue weighted by atomic mass is 10.3. The van der Waals surface area contributed by atoms with E-state index in [9.17, 15) is 14.7 Å². The minimum atomic E-state index is -0.745. The van der Waals surface area contributed by atoms with Crippen LogP contribution in [0.3, 0.4) is 0 Å². The van der Waals surface area contributed by atoms with E-state index in [0.29, 0.717) is 0 Å². The molecule has 0 saturated heterocycles. The molecule has 0 fully saturated rings. The predicted molar refractivity (Wildman–Crippen MR) is 57.6 cm³/mol. The van der Waals surface area contributed by atoms with Gasteiger partial charge in [-0.05, 0) is 6.92 Å². The molecule has 0 aliphatic rings. The van der Waals surface area contributed by atoms with Crippen LogP contribution in [0.25, 0.3) is 0 Å². The van der Waals surface area contributed by atoms with Crippen molar-refractivity contribution in [1.29, 1.82) is 0 Å². The molecule has 1 rings (SSSR count). The Kier molecular flexibility index (Phi) is 3.70. The van der Waals surface area contributed by atoms with E-state index in [1.807, 2.05) is 0 Å². The second-order valence-electron chi connectivity index (χ2n) is 3.16. The number of carbonyl (C=O) groups excluding carboxylic acids is 2. The number of Topliss-reactive ketones (excluding diaryl/α,β-unsaturated/α-hetero) is 1. The molecule has 17 heavy (non-hydrogen) atoms. The fraction of sp³-hybridized carbons (Fsp3) is 0.222. The summed E-state index contributed by atoms with van der Waals surface area (Å²) in [5.41, 5.74) is 4.82. The Morgan fingerprint density at radius 3 is 2.59 bits per heavy atom. The van der Waals surface area contributed by atoms with Crippen molar-refractivity contribution in [3.63, 3.8) is 0 Å². The Balaban J connectivity index is 3.06. The van der Waals surface area contributed by atoms with Crippen LogP contribution >= 0.6 is 0 Å². The third-order valence-corrected chi connectivity index (χ3v) is 1.79. The molecular formula is C9H11N5O3. The number of imidazole rings is 1. The average molecular weight is 237 g/mol. The van der Waals surface area contributed by atoms with Crippen molar-refractivity contribution in [2.45, 2.75) is 13.8 Å². The van der Waals surface area contributed by atoms with E-state index in [2.05, 4.69) is 20.2 Å². The molecular weight excluding hydrogens is 226 g/mol. The molecule has 0 bridgehead atoms. The molecule has 90 valence electrons. The van der Waals surface area contributed by atoms with Gasteiger partial charge in [0.15, 0.2) is 17.2 Å². The number of nitrogens with zero attached hydrogens (tertiary/aromatic N) is 3. The highest BCUT2D eigenvalue weighted by Crippen LogP contribution is 2.15. The second-order valence-corrected chi connectivity index (χ2v) is 3.16. The van der Waals surface area contributed by atoms with Crippen molar-refractivity contribution >= 4 is 17.5 Å². The van der Waals surface area contributed by atoms with E-state index in [1.54, 1.807) is 0 Å². The normalized spacial score (nSPS) is 12.6. The number of nitrogens with two attached hydrogens (primary N) is 1. The minimum Gasteiger partial charge on any atom is -0.510 e. The predicted octanol–water partition coefficient (Wildman–Crippen LogP) is 0.971. The van der Waals surface area contributed by atoms with E-state index < -0.39 is 11.7 Å². The maximum absolute atomic E-state index is 11.1. The summed E-state index contributed by atoms with van der Waals surface area (Å²) in [6, 6.07) is 0. The first-order valence-corrected chi connectivity index (χ1v) is 4.59. The summed E-state index contributed by atoms with van der Waals surface area (Å²) in [4.78, 5) is 28.2. The van der Waals surface area contributed by atoms with E-state index in [-0.39, 0.29) is 23.0 Å². The first kappa shape index (κ1) is 12.6. The van der Waals surface area contributed by atoms with Crippen molar-refractivity contribution in [3.05, 3.63) is 23.5 Å². The quantitative estimate of drug-likeness (QED) is 0.408. The van der Waals surface area contributed by atoms with Crippen LogP contribution in [0.4, 0.5) is 5.82 Å². The minimum absolute atomic E-state index is 0.0211. The van der Waals surface area contributed by atoms with Gasteiger partial charge >= 0.3 is 0 Å². The van der Waals surface area contributed by atoms with Gasteiger partial charge in [0.1, 0.15) is 5.76 Å². The van der Waals surface area contributed by atoms with Gasteiger partial charge in [0.2, 0.25) is 5.82 Å². The highest BCUT2D eigenvalue weighted by Gasteiger charge is 2.12. The zero-order valence-corrected chi connectivity index (χ0v) is 9.26. The zero-order chi connectivity index (χ0) is 13.0. The lowest BCUT2D eigenvalue weighted by Gasteiger charge is -1.96. The average Bonchev–Trinajstić information content (AvgIpc) is 2.64. The van der Waals surface area contributed by atoms with Gasteiger partial charge in [-0.25, -0.2) is 4.98 Å². The Morgan fingerprint density at radius 1 is 1.47 bits per heavy atom. The van der Waals surface area contributed by atoms with Crippen LogP contribution in [0, 0.1) is 0 Å². The van der Waals surface area contributed by atoms with Crippen LogP contribution in [0.5, 0.6) is 0 Å². The summed E-state index contributed by atoms with van der Waals surface area (Å²) in [5.74, 6) is -1.51. The van der Waals surface area contributed by atoms with Crippen LogP contribution in [0.2, 0.25) is 0 Å². The molecule has 0 spiro atoms. The smallest absolute Gasteiger partial charge is 0.269 e. The lowest BCUT2D eigenvalue weighted by molar-refractivity contribution is -0.113. The van der Waals surface area contributed by atoms with E-state index in [1.165, 1.54) is 20.2 Å². The molecule has 4 N–H and O–H groups in total. The first-order chi connectivity index (χ1) is 7.93. The van der Waals surface area contributed by atoms with Gasteiger partial charge in [0, 0.05) is 6.92 Å². The molecule has 0 aromatic carbocycles. The number of rotatable bonds is 4. The van der Waals surface area contributed by atoms with Crippen LogP contribution in [-0.2, 0) is 4.79 Å². The van der Waals surface area contributed by atoms with Crippen LogP contribution in [0.15, 0.2) is 28.0 Å². The van der Waals surface area contributed by atoms with Crippen molar-refractivity contribution < 1.29 is 14.7 Å². The number of azo groups is 1. The van der Waals surface area contributed by atoms with E-state index >= 15 is 0 Å². The van der Waals surface area contributed by atoms with Crippen LogP contribution in [0.1, 0.15) is 24.3 Å². The molecule has 0 unspecified atom stereocenters. The Morgan fingerprint density at radius 2 is 2.12 bits per heavy atom. The van der Waals surface area contributed by atoms with Crippen molar-refractivity contribution in [1.82, 2.24) is 9.97 Å². The summed E-state index contributed by atoms with van der Waals surface area (Å²) in [6.07, 6.45) is 1.22. The monoisotopic (exact) mass is 237 g/mol. The summed E-state index contributed by atoms with van der Waals surface area (Å²) >= 11 is 0. The number of hydrogen-bond acceptors (Lipinski definition) is 6. The number of ketones is 1. The molecule has 0 aliphatic carbocycles. The molecule has 1 aromatic heterocycles. The molecule has 0 saturated carbocycles. The number of aliphatic hydroxyl groups excluding tert-OH is 1. The van der Waals surface area contributed by atoms with E-state index in [4.69, 9.17) is 5.73 Å². The maximum Gasteiger partial charge on any atom is 0.269 e. The van der Waals surface area contributed by atoms with Crippen molar-refractivity contribution in [2.75, 3.05) is 0 Å². The third-order valence-electron chi connectivity index (χ3n) is 1.79. The number of carbonyl (C=O) groups is 2. The zero-order valence-electron chi connectivity index (χ0n) is 9.26. The SMILES string of the molecule is CC(=O)/C(N=Nc1nc[nH]c1C(N)=O)=C(/C)O. The lowest BCUT2D eigenvalue weighted by Crippen LogP contribution is -2.11. The maximum atomic E-state index is 11.1. The Hall–Kier alpha value is -2.51. The second kappa shape index (κ2) is 5.01. The first-order valence-electron chi connectivity index (χ1n) is 4.59. The molecule has 0 radical (unpaired) electrons. The van der Waals surface area contributed by atoms with Gasteiger partial charge in [-0.15, -0.1) is 10.2 Å². The van der Waals surface area contributed by atoms with Crippen molar-refractivity contribution in [3.8, 4) is 0 Å². The van der Waals surface area contributed by atoms with Crippen molar-refractivity contribution in [2.24, 2.45) is 16.0 Å². The summed E-state index contributed by atoms with van der Waals surface area (Å²) in [7, 11) is 0. The largest absolute Gasteiger partial charge is 0.510 e. The highest BCUT2D eigenvalue weighted by molar-refractivity contribution is 5.95. The molecule has 1 heterocycles. The van der Waals surface area contributed by atoms with Gasteiger partial charge in [0.25, 0.3) is 5.91 Å². The number of allylic oxidation sites excluding steroid dienone is 2. The fourth-order valence-corrected chi connectivity index (χ4v) is 1.04. The van der Waals surface area contributed by atoms with E-state index in [0.717, 1.165) is 0 Å². The van der Waals surface area contributed by atoms with Gasteiger partial charge in [-0.2, -0.15) is 0 Å².